The third-order valence-electron chi connectivity index (χ3n) is 5.33. The van der Waals surface area contributed by atoms with E-state index in [0.29, 0.717) is 22.2 Å². The normalized spacial score (nSPS) is 17.7. The highest BCUT2D eigenvalue weighted by Crippen LogP contribution is 2.39. The lowest BCUT2D eigenvalue weighted by molar-refractivity contribution is 0.0902. The predicted molar refractivity (Wildman–Crippen MR) is 115 cm³/mol. The van der Waals surface area contributed by atoms with Crippen LogP contribution in [0.5, 0.6) is 0 Å². The van der Waals surface area contributed by atoms with Gasteiger partial charge in [0.15, 0.2) is 5.82 Å². The molecule has 154 valence electrons. The van der Waals surface area contributed by atoms with Crippen molar-refractivity contribution in [2.75, 3.05) is 0 Å². The summed E-state index contributed by atoms with van der Waals surface area (Å²) < 4.78 is 1.95. The number of nitrogens with zero attached hydrogens (tertiary/aromatic N) is 6. The van der Waals surface area contributed by atoms with E-state index >= 15 is 0 Å². The summed E-state index contributed by atoms with van der Waals surface area (Å²) in [6.07, 6.45) is 6.27. The van der Waals surface area contributed by atoms with E-state index in [-0.39, 0.29) is 17.9 Å². The quantitative estimate of drug-likeness (QED) is 0.519. The average molecular weight is 432 g/mol. The molecule has 0 saturated heterocycles. The van der Waals surface area contributed by atoms with Gasteiger partial charge in [0, 0.05) is 24.4 Å². The highest BCUT2D eigenvalue weighted by molar-refractivity contribution is 6.32. The number of carbonyl (C=O) groups is 1. The van der Waals surface area contributed by atoms with Crippen LogP contribution in [0.25, 0.3) is 17.2 Å². The number of carbonyl (C=O) groups excluding carboxylic acids is 1. The van der Waals surface area contributed by atoms with Crippen LogP contribution in [-0.4, -0.2) is 41.7 Å². The van der Waals surface area contributed by atoms with Gasteiger partial charge in [0.2, 0.25) is 0 Å². The second kappa shape index (κ2) is 8.23. The Labute approximate surface area is 183 Å². The third kappa shape index (κ3) is 3.77. The van der Waals surface area contributed by atoms with Crippen LogP contribution in [0.3, 0.4) is 0 Å². The molecule has 8 nitrogen and oxygen atoms in total. The van der Waals surface area contributed by atoms with Crippen LogP contribution < -0.4 is 5.32 Å². The Kier molecular flexibility index (Phi) is 5.13. The average Bonchev–Trinajstić information content (AvgIpc) is 3.21. The second-order valence-corrected chi connectivity index (χ2v) is 7.72. The zero-order valence-corrected chi connectivity index (χ0v) is 17.1. The van der Waals surface area contributed by atoms with Crippen LogP contribution in [0, 0.1) is 0 Å². The van der Waals surface area contributed by atoms with Gasteiger partial charge >= 0.3 is 0 Å². The van der Waals surface area contributed by atoms with E-state index in [2.05, 4.69) is 30.5 Å². The van der Waals surface area contributed by atoms with Crippen molar-refractivity contribution in [3.63, 3.8) is 0 Å². The van der Waals surface area contributed by atoms with Gasteiger partial charge < -0.3 is 5.32 Å². The van der Waals surface area contributed by atoms with E-state index in [9.17, 15) is 4.79 Å². The molecule has 0 aliphatic heterocycles. The minimum atomic E-state index is -0.168. The molecular weight excluding hydrogens is 414 g/mol. The molecule has 5 rings (SSSR count). The Hall–Kier alpha value is -3.65. The summed E-state index contributed by atoms with van der Waals surface area (Å²) in [5.41, 5.74) is 1.86. The largest absolute Gasteiger partial charge is 0.348 e. The van der Waals surface area contributed by atoms with Crippen molar-refractivity contribution >= 4 is 17.5 Å². The standard InChI is InChI=1S/C22H18ClN7O/c23-16-5-1-2-7-19(16)30-20(28-29-21(30)17-8-10-24-13-26-17)14-11-15(12-14)27-22(31)18-6-3-4-9-25-18/h1-10,13-15H,11-12H2,(H,27,31)/t14-,15-. The zero-order chi connectivity index (χ0) is 21.2. The molecule has 0 atom stereocenters. The highest BCUT2D eigenvalue weighted by Gasteiger charge is 2.36. The van der Waals surface area contributed by atoms with Gasteiger partial charge in [-0.3, -0.25) is 14.3 Å². The fourth-order valence-electron chi connectivity index (χ4n) is 3.72. The molecule has 1 amide bonds. The number of hydrogen-bond acceptors (Lipinski definition) is 6. The fourth-order valence-corrected chi connectivity index (χ4v) is 3.94. The zero-order valence-electron chi connectivity index (χ0n) is 16.4. The van der Waals surface area contributed by atoms with Crippen LogP contribution >= 0.6 is 11.6 Å². The van der Waals surface area contributed by atoms with Gasteiger partial charge in [-0.2, -0.15) is 0 Å². The summed E-state index contributed by atoms with van der Waals surface area (Å²) >= 11 is 6.51. The predicted octanol–water partition coefficient (Wildman–Crippen LogP) is 3.45. The van der Waals surface area contributed by atoms with E-state index in [0.717, 1.165) is 24.4 Å². The molecule has 1 fully saturated rings. The summed E-state index contributed by atoms with van der Waals surface area (Å²) in [6, 6.07) is 14.7. The molecule has 0 bridgehead atoms. The van der Waals surface area contributed by atoms with Gasteiger partial charge in [-0.1, -0.05) is 29.8 Å². The Morgan fingerprint density at radius 3 is 2.58 bits per heavy atom. The first kappa shape index (κ1) is 19.3. The van der Waals surface area contributed by atoms with Gasteiger partial charge in [-0.05, 0) is 43.2 Å². The van der Waals surface area contributed by atoms with Gasteiger partial charge in [-0.25, -0.2) is 9.97 Å². The Bertz CT molecular complexity index is 1210. The van der Waals surface area contributed by atoms with Crippen molar-refractivity contribution in [2.24, 2.45) is 0 Å². The Balaban J connectivity index is 1.41. The number of aromatic nitrogens is 6. The Morgan fingerprint density at radius 2 is 1.84 bits per heavy atom. The number of para-hydroxylation sites is 1. The maximum Gasteiger partial charge on any atom is 0.270 e. The van der Waals surface area contributed by atoms with Crippen molar-refractivity contribution in [3.8, 4) is 17.2 Å². The van der Waals surface area contributed by atoms with Gasteiger partial charge in [0.1, 0.15) is 23.5 Å². The molecule has 0 radical (unpaired) electrons. The molecule has 3 heterocycles. The van der Waals surface area contributed by atoms with Crippen LogP contribution in [-0.2, 0) is 0 Å². The maximum absolute atomic E-state index is 12.4. The lowest BCUT2D eigenvalue weighted by Crippen LogP contribution is -2.44. The molecule has 1 aliphatic rings. The van der Waals surface area contributed by atoms with Gasteiger partial charge in [-0.15, -0.1) is 10.2 Å². The molecule has 1 aliphatic carbocycles. The first-order chi connectivity index (χ1) is 15.2. The molecule has 0 spiro atoms. The van der Waals surface area contributed by atoms with E-state index in [1.165, 1.54) is 6.33 Å². The van der Waals surface area contributed by atoms with Crippen LogP contribution in [0.1, 0.15) is 35.1 Å². The fraction of sp³-hybridized carbons (Fsp3) is 0.182. The SMILES string of the molecule is O=C(N[C@H]1C[C@H](c2nnc(-c3ccncn3)n2-c2ccccc2Cl)C1)c1ccccn1. The molecule has 9 heteroatoms. The molecule has 1 aromatic carbocycles. The lowest BCUT2D eigenvalue weighted by atomic mass is 9.79. The first-order valence-electron chi connectivity index (χ1n) is 9.89. The summed E-state index contributed by atoms with van der Waals surface area (Å²) in [4.78, 5) is 24.8. The van der Waals surface area contributed by atoms with Crippen molar-refractivity contribution in [1.29, 1.82) is 0 Å². The number of benzene rings is 1. The van der Waals surface area contributed by atoms with Crippen LogP contribution in [0.15, 0.2) is 67.3 Å². The highest BCUT2D eigenvalue weighted by atomic mass is 35.5. The molecule has 1 N–H and O–H groups in total. The minimum absolute atomic E-state index is 0.0541. The molecule has 3 aromatic heterocycles. The van der Waals surface area contributed by atoms with Crippen molar-refractivity contribution < 1.29 is 4.79 Å². The second-order valence-electron chi connectivity index (χ2n) is 7.32. The van der Waals surface area contributed by atoms with Crippen LogP contribution in [0.2, 0.25) is 5.02 Å². The Morgan fingerprint density at radius 1 is 1.00 bits per heavy atom. The van der Waals surface area contributed by atoms with Crippen molar-refractivity contribution in [1.82, 2.24) is 35.0 Å². The van der Waals surface area contributed by atoms with Gasteiger partial charge in [0.05, 0.1) is 10.7 Å². The van der Waals surface area contributed by atoms with Gasteiger partial charge in [0.25, 0.3) is 5.91 Å². The first-order valence-corrected chi connectivity index (χ1v) is 10.3. The molecule has 0 unspecified atom stereocenters. The van der Waals surface area contributed by atoms with E-state index in [1.807, 2.05) is 28.8 Å². The summed E-state index contributed by atoms with van der Waals surface area (Å²) in [5, 5.41) is 12.5. The van der Waals surface area contributed by atoms with E-state index in [4.69, 9.17) is 11.6 Å². The third-order valence-corrected chi connectivity index (χ3v) is 5.65. The summed E-state index contributed by atoms with van der Waals surface area (Å²) in [5.74, 6) is 1.36. The van der Waals surface area contributed by atoms with Crippen LogP contribution in [0.4, 0.5) is 0 Å². The van der Waals surface area contributed by atoms with Crippen molar-refractivity contribution in [2.45, 2.75) is 24.8 Å². The van der Waals surface area contributed by atoms with E-state index in [1.54, 1.807) is 36.7 Å². The number of rotatable bonds is 5. The molecule has 4 aromatic rings. The number of amides is 1. The summed E-state index contributed by atoms with van der Waals surface area (Å²) in [6.45, 7) is 0. The maximum atomic E-state index is 12.4. The molecule has 31 heavy (non-hydrogen) atoms. The lowest BCUT2D eigenvalue weighted by Gasteiger charge is -2.35. The number of halogens is 1. The minimum Gasteiger partial charge on any atom is -0.348 e. The molecular formula is C22H18ClN7O. The smallest absolute Gasteiger partial charge is 0.270 e. The monoisotopic (exact) mass is 431 g/mol. The number of pyridine rings is 1. The van der Waals surface area contributed by atoms with E-state index < -0.39 is 0 Å². The number of hydrogen-bond donors (Lipinski definition) is 1. The number of nitrogens with one attached hydrogen (secondary N) is 1. The topological polar surface area (TPSA) is 98.5 Å². The summed E-state index contributed by atoms with van der Waals surface area (Å²) in [7, 11) is 0. The molecule has 1 saturated carbocycles. The van der Waals surface area contributed by atoms with Crippen molar-refractivity contribution in [3.05, 3.63) is 83.8 Å².